The van der Waals surface area contributed by atoms with Crippen LogP contribution in [0.1, 0.15) is 25.7 Å². The number of carbonyl (C=O) groups excluding carboxylic acids is 1. The minimum absolute atomic E-state index is 0.152. The quantitative estimate of drug-likeness (QED) is 0.582. The van der Waals surface area contributed by atoms with Crippen LogP contribution in [0.3, 0.4) is 0 Å². The molecule has 3 N–H and O–H groups in total. The van der Waals surface area contributed by atoms with Gasteiger partial charge in [-0.25, -0.2) is 10.2 Å². The fourth-order valence-corrected chi connectivity index (χ4v) is 1.40. The third-order valence-electron chi connectivity index (χ3n) is 2.04. The first kappa shape index (κ1) is 9.52. The zero-order chi connectivity index (χ0) is 9.68. The minimum atomic E-state index is -0.685. The molecule has 1 aliphatic rings. The van der Waals surface area contributed by atoms with Gasteiger partial charge in [0.15, 0.2) is 0 Å². The van der Waals surface area contributed by atoms with Crippen LogP contribution in [0.15, 0.2) is 5.10 Å². The van der Waals surface area contributed by atoms with Crippen molar-refractivity contribution < 1.29 is 4.79 Å². The Kier molecular flexibility index (Phi) is 3.26. The van der Waals surface area contributed by atoms with Gasteiger partial charge in [0.2, 0.25) is 0 Å². The van der Waals surface area contributed by atoms with E-state index in [2.05, 4.69) is 16.6 Å². The van der Waals surface area contributed by atoms with Gasteiger partial charge in [0.1, 0.15) is 0 Å². The van der Waals surface area contributed by atoms with Crippen LogP contribution < -0.4 is 11.2 Å². The van der Waals surface area contributed by atoms with E-state index in [0.29, 0.717) is 0 Å². The standard InChI is InChI=1S/C8H12N4O/c9-5-6-3-1-2-4-7(6)11-12-8(10)13/h6H,1-4H2,(H3,10,12,13)/b11-7-/t6-/m0/s1. The van der Waals surface area contributed by atoms with Gasteiger partial charge in [0.25, 0.3) is 0 Å². The molecule has 0 aromatic heterocycles. The lowest BCUT2D eigenvalue weighted by Crippen LogP contribution is -2.28. The van der Waals surface area contributed by atoms with Crippen LogP contribution in [-0.4, -0.2) is 11.7 Å². The van der Waals surface area contributed by atoms with Crippen LogP contribution in [0.2, 0.25) is 0 Å². The van der Waals surface area contributed by atoms with E-state index < -0.39 is 6.03 Å². The maximum atomic E-state index is 10.4. The molecule has 1 atom stereocenters. The third kappa shape index (κ3) is 2.75. The monoisotopic (exact) mass is 180 g/mol. The number of hydrogen-bond acceptors (Lipinski definition) is 3. The molecular formula is C8H12N4O. The van der Waals surface area contributed by atoms with E-state index in [4.69, 9.17) is 11.0 Å². The molecule has 0 aliphatic heterocycles. The molecule has 1 rings (SSSR count). The Morgan fingerprint density at radius 1 is 1.69 bits per heavy atom. The molecular weight excluding hydrogens is 168 g/mol. The Morgan fingerprint density at radius 2 is 2.46 bits per heavy atom. The van der Waals surface area contributed by atoms with E-state index in [1.807, 2.05) is 0 Å². The fourth-order valence-electron chi connectivity index (χ4n) is 1.40. The summed E-state index contributed by atoms with van der Waals surface area (Å²) in [6.45, 7) is 0. The van der Waals surface area contributed by atoms with Crippen molar-refractivity contribution in [3.05, 3.63) is 0 Å². The number of urea groups is 1. The number of primary amides is 1. The van der Waals surface area contributed by atoms with Gasteiger partial charge in [0.05, 0.1) is 17.7 Å². The lowest BCUT2D eigenvalue weighted by Gasteiger charge is -2.17. The van der Waals surface area contributed by atoms with Crippen molar-refractivity contribution >= 4 is 11.7 Å². The molecule has 5 heteroatoms. The van der Waals surface area contributed by atoms with E-state index in [-0.39, 0.29) is 5.92 Å². The van der Waals surface area contributed by atoms with Gasteiger partial charge in [-0.05, 0) is 19.3 Å². The Balaban J connectivity index is 2.59. The smallest absolute Gasteiger partial charge is 0.332 e. The molecule has 0 aromatic rings. The number of nitriles is 1. The number of amides is 2. The molecule has 0 unspecified atom stereocenters. The van der Waals surface area contributed by atoms with Crippen LogP contribution in [0, 0.1) is 17.2 Å². The number of rotatable bonds is 1. The molecule has 5 nitrogen and oxygen atoms in total. The fraction of sp³-hybridized carbons (Fsp3) is 0.625. The normalized spacial score (nSPS) is 25.2. The lowest BCUT2D eigenvalue weighted by molar-refractivity contribution is 0.249. The largest absolute Gasteiger partial charge is 0.350 e. The first-order valence-electron chi connectivity index (χ1n) is 4.25. The Morgan fingerprint density at radius 3 is 3.08 bits per heavy atom. The molecule has 1 aliphatic carbocycles. The first-order chi connectivity index (χ1) is 6.24. The summed E-state index contributed by atoms with van der Waals surface area (Å²) in [5, 5.41) is 12.6. The zero-order valence-corrected chi connectivity index (χ0v) is 7.29. The molecule has 0 bridgehead atoms. The molecule has 0 radical (unpaired) electrons. The second-order valence-corrected chi connectivity index (χ2v) is 3.01. The van der Waals surface area contributed by atoms with E-state index in [0.717, 1.165) is 31.4 Å². The highest BCUT2D eigenvalue weighted by molar-refractivity contribution is 5.90. The van der Waals surface area contributed by atoms with Crippen molar-refractivity contribution in [1.29, 1.82) is 5.26 Å². The highest BCUT2D eigenvalue weighted by Gasteiger charge is 2.19. The Labute approximate surface area is 76.6 Å². The number of carbonyl (C=O) groups is 1. The van der Waals surface area contributed by atoms with Crippen molar-refractivity contribution in [2.45, 2.75) is 25.7 Å². The predicted octanol–water partition coefficient (Wildman–Crippen LogP) is 0.724. The molecule has 0 heterocycles. The summed E-state index contributed by atoms with van der Waals surface area (Å²) in [6, 6.07) is 1.47. The van der Waals surface area contributed by atoms with Gasteiger partial charge >= 0.3 is 6.03 Å². The molecule has 0 saturated heterocycles. The zero-order valence-electron chi connectivity index (χ0n) is 7.29. The summed E-state index contributed by atoms with van der Waals surface area (Å²) in [5.74, 6) is -0.152. The third-order valence-corrected chi connectivity index (χ3v) is 2.04. The number of nitrogens with one attached hydrogen (secondary N) is 1. The van der Waals surface area contributed by atoms with Crippen LogP contribution in [0.4, 0.5) is 4.79 Å². The molecule has 1 fully saturated rings. The highest BCUT2D eigenvalue weighted by Crippen LogP contribution is 2.20. The van der Waals surface area contributed by atoms with Gasteiger partial charge in [0, 0.05) is 0 Å². The molecule has 70 valence electrons. The second-order valence-electron chi connectivity index (χ2n) is 3.01. The van der Waals surface area contributed by atoms with E-state index in [1.54, 1.807) is 0 Å². The predicted molar refractivity (Wildman–Crippen MR) is 47.7 cm³/mol. The number of nitrogens with zero attached hydrogens (tertiary/aromatic N) is 2. The van der Waals surface area contributed by atoms with Crippen LogP contribution in [0.5, 0.6) is 0 Å². The highest BCUT2D eigenvalue weighted by atomic mass is 16.2. The number of hydrogen-bond donors (Lipinski definition) is 2. The van der Waals surface area contributed by atoms with E-state index >= 15 is 0 Å². The second kappa shape index (κ2) is 4.45. The maximum Gasteiger partial charge on any atom is 0.332 e. The van der Waals surface area contributed by atoms with Crippen molar-refractivity contribution in [3.8, 4) is 6.07 Å². The Bertz CT molecular complexity index is 266. The number of nitrogens with two attached hydrogens (primary N) is 1. The SMILES string of the molecule is N#C[C@@H]1CCCC/C1=N/NC(N)=O. The summed E-state index contributed by atoms with van der Waals surface area (Å²) in [7, 11) is 0. The minimum Gasteiger partial charge on any atom is -0.350 e. The van der Waals surface area contributed by atoms with Gasteiger partial charge in [-0.2, -0.15) is 10.4 Å². The van der Waals surface area contributed by atoms with E-state index in [1.165, 1.54) is 0 Å². The van der Waals surface area contributed by atoms with Crippen molar-refractivity contribution in [2.24, 2.45) is 16.8 Å². The average molecular weight is 180 g/mol. The van der Waals surface area contributed by atoms with Gasteiger partial charge in [-0.15, -0.1) is 0 Å². The number of hydrazone groups is 1. The first-order valence-corrected chi connectivity index (χ1v) is 4.25. The average Bonchev–Trinajstić information content (AvgIpc) is 2.15. The van der Waals surface area contributed by atoms with Crippen molar-refractivity contribution in [1.82, 2.24) is 5.43 Å². The summed E-state index contributed by atoms with van der Waals surface area (Å²) >= 11 is 0. The molecule has 13 heavy (non-hydrogen) atoms. The molecule has 0 spiro atoms. The summed E-state index contributed by atoms with van der Waals surface area (Å²) in [4.78, 5) is 10.4. The van der Waals surface area contributed by atoms with Crippen LogP contribution in [0.25, 0.3) is 0 Å². The van der Waals surface area contributed by atoms with Crippen LogP contribution in [-0.2, 0) is 0 Å². The van der Waals surface area contributed by atoms with E-state index in [9.17, 15) is 4.79 Å². The van der Waals surface area contributed by atoms with Crippen LogP contribution >= 0.6 is 0 Å². The van der Waals surface area contributed by atoms with Gasteiger partial charge in [-0.1, -0.05) is 6.42 Å². The van der Waals surface area contributed by atoms with Gasteiger partial charge < -0.3 is 5.73 Å². The molecule has 0 aromatic carbocycles. The summed E-state index contributed by atoms with van der Waals surface area (Å²) in [5.41, 5.74) is 7.75. The topological polar surface area (TPSA) is 91.3 Å². The summed E-state index contributed by atoms with van der Waals surface area (Å²) in [6.07, 6.45) is 3.68. The lowest BCUT2D eigenvalue weighted by atomic mass is 9.88. The van der Waals surface area contributed by atoms with Crippen molar-refractivity contribution in [3.63, 3.8) is 0 Å². The summed E-state index contributed by atoms with van der Waals surface area (Å²) < 4.78 is 0. The van der Waals surface area contributed by atoms with Crippen molar-refractivity contribution in [2.75, 3.05) is 0 Å². The maximum absolute atomic E-state index is 10.4. The Hall–Kier alpha value is -1.57. The van der Waals surface area contributed by atoms with Gasteiger partial charge in [-0.3, -0.25) is 0 Å². The molecule has 1 saturated carbocycles. The molecule has 2 amide bonds.